The highest BCUT2D eigenvalue weighted by Crippen LogP contribution is 2.10. The van der Waals surface area contributed by atoms with Gasteiger partial charge in [0.15, 0.2) is 0 Å². The first-order valence-corrected chi connectivity index (χ1v) is 7.05. The van der Waals surface area contributed by atoms with Crippen molar-refractivity contribution in [2.75, 3.05) is 26.2 Å². The third-order valence-electron chi connectivity index (χ3n) is 3.41. The number of aromatic nitrogens is 1. The summed E-state index contributed by atoms with van der Waals surface area (Å²) in [7, 11) is 0. The Morgan fingerprint density at radius 1 is 1.20 bits per heavy atom. The molecule has 1 aromatic rings. The van der Waals surface area contributed by atoms with Crippen LogP contribution in [0.2, 0.25) is 0 Å². The van der Waals surface area contributed by atoms with Gasteiger partial charge in [-0.3, -0.25) is 14.6 Å². The van der Waals surface area contributed by atoms with Gasteiger partial charge >= 0.3 is 0 Å². The van der Waals surface area contributed by atoms with Gasteiger partial charge in [-0.25, -0.2) is 0 Å². The molecule has 0 bridgehead atoms. The lowest BCUT2D eigenvalue weighted by Gasteiger charge is -2.35. The number of pyridine rings is 1. The molecular formula is C15H21N3O2. The maximum atomic E-state index is 12.2. The molecule has 0 N–H and O–H groups in total. The van der Waals surface area contributed by atoms with E-state index in [0.717, 1.165) is 0 Å². The quantitative estimate of drug-likeness (QED) is 0.838. The van der Waals surface area contributed by atoms with Gasteiger partial charge in [0.1, 0.15) is 0 Å². The normalized spacial score (nSPS) is 15.6. The van der Waals surface area contributed by atoms with Crippen molar-refractivity contribution in [1.82, 2.24) is 14.8 Å². The van der Waals surface area contributed by atoms with Crippen molar-refractivity contribution in [2.24, 2.45) is 5.92 Å². The maximum Gasteiger partial charge on any atom is 0.255 e. The largest absolute Gasteiger partial charge is 0.339 e. The van der Waals surface area contributed by atoms with Crippen molar-refractivity contribution in [3.63, 3.8) is 0 Å². The molecular weight excluding hydrogens is 254 g/mol. The van der Waals surface area contributed by atoms with E-state index in [1.807, 2.05) is 18.7 Å². The zero-order valence-corrected chi connectivity index (χ0v) is 12.1. The van der Waals surface area contributed by atoms with E-state index < -0.39 is 0 Å². The molecule has 5 nitrogen and oxygen atoms in total. The number of hydrogen-bond acceptors (Lipinski definition) is 3. The minimum Gasteiger partial charge on any atom is -0.339 e. The van der Waals surface area contributed by atoms with Crippen LogP contribution < -0.4 is 0 Å². The molecule has 2 rings (SSSR count). The van der Waals surface area contributed by atoms with E-state index in [1.165, 1.54) is 0 Å². The first-order valence-electron chi connectivity index (χ1n) is 7.05. The molecule has 0 aromatic carbocycles. The number of piperazine rings is 1. The summed E-state index contributed by atoms with van der Waals surface area (Å²) >= 11 is 0. The third-order valence-corrected chi connectivity index (χ3v) is 3.41. The second-order valence-corrected chi connectivity index (χ2v) is 5.51. The molecule has 0 aliphatic carbocycles. The Labute approximate surface area is 119 Å². The van der Waals surface area contributed by atoms with Gasteiger partial charge in [-0.2, -0.15) is 0 Å². The Balaban J connectivity index is 1.88. The first-order chi connectivity index (χ1) is 9.58. The van der Waals surface area contributed by atoms with E-state index in [2.05, 4.69) is 4.98 Å². The fourth-order valence-electron chi connectivity index (χ4n) is 2.31. The maximum absolute atomic E-state index is 12.2. The van der Waals surface area contributed by atoms with Gasteiger partial charge in [-0.15, -0.1) is 0 Å². The predicted octanol–water partition coefficient (Wildman–Crippen LogP) is 1.41. The lowest BCUT2D eigenvalue weighted by molar-refractivity contribution is -0.133. The lowest BCUT2D eigenvalue weighted by atomic mass is 10.1. The van der Waals surface area contributed by atoms with Crippen molar-refractivity contribution in [3.8, 4) is 0 Å². The summed E-state index contributed by atoms with van der Waals surface area (Å²) in [5, 5.41) is 0. The van der Waals surface area contributed by atoms with E-state index in [-0.39, 0.29) is 11.8 Å². The summed E-state index contributed by atoms with van der Waals surface area (Å²) in [6.07, 6.45) is 3.81. The van der Waals surface area contributed by atoms with Crippen molar-refractivity contribution in [1.29, 1.82) is 0 Å². The summed E-state index contributed by atoms with van der Waals surface area (Å²) in [6, 6.07) is 3.53. The summed E-state index contributed by atoms with van der Waals surface area (Å²) in [4.78, 5) is 31.8. The number of amides is 2. The molecule has 0 spiro atoms. The fourth-order valence-corrected chi connectivity index (χ4v) is 2.31. The second-order valence-electron chi connectivity index (χ2n) is 5.51. The Morgan fingerprint density at radius 2 is 1.85 bits per heavy atom. The van der Waals surface area contributed by atoms with E-state index in [9.17, 15) is 9.59 Å². The number of carbonyl (C=O) groups excluding carboxylic acids is 2. The average molecular weight is 275 g/mol. The van der Waals surface area contributed by atoms with Gasteiger partial charge in [0.2, 0.25) is 5.91 Å². The summed E-state index contributed by atoms with van der Waals surface area (Å²) in [6.45, 7) is 6.52. The zero-order chi connectivity index (χ0) is 14.5. The Hall–Kier alpha value is -1.91. The zero-order valence-electron chi connectivity index (χ0n) is 12.1. The van der Waals surface area contributed by atoms with Crippen LogP contribution in [0.25, 0.3) is 0 Å². The number of rotatable bonds is 3. The van der Waals surface area contributed by atoms with Crippen LogP contribution in [0.5, 0.6) is 0 Å². The SMILES string of the molecule is CC(C)CC(=O)N1CCN(C(=O)c2cccnc2)CC1. The van der Waals surface area contributed by atoms with Crippen LogP contribution in [-0.4, -0.2) is 52.8 Å². The molecule has 1 aliphatic heterocycles. The summed E-state index contributed by atoms with van der Waals surface area (Å²) in [5.41, 5.74) is 0.606. The van der Waals surface area contributed by atoms with Gasteiger partial charge in [0.25, 0.3) is 5.91 Å². The number of carbonyl (C=O) groups is 2. The number of nitrogens with zero attached hydrogens (tertiary/aromatic N) is 3. The van der Waals surface area contributed by atoms with E-state index >= 15 is 0 Å². The van der Waals surface area contributed by atoms with Gasteiger partial charge in [-0.1, -0.05) is 13.8 Å². The number of hydrogen-bond donors (Lipinski definition) is 0. The molecule has 0 radical (unpaired) electrons. The minimum atomic E-state index is -0.00550. The molecule has 108 valence electrons. The average Bonchev–Trinajstić information content (AvgIpc) is 2.47. The van der Waals surface area contributed by atoms with Gasteiger partial charge < -0.3 is 9.80 Å². The van der Waals surface area contributed by atoms with Crippen LogP contribution in [0.4, 0.5) is 0 Å². The van der Waals surface area contributed by atoms with Crippen molar-refractivity contribution < 1.29 is 9.59 Å². The molecule has 0 unspecified atom stereocenters. The monoisotopic (exact) mass is 275 g/mol. The highest BCUT2D eigenvalue weighted by molar-refractivity contribution is 5.94. The highest BCUT2D eigenvalue weighted by Gasteiger charge is 2.24. The van der Waals surface area contributed by atoms with Gasteiger partial charge in [0, 0.05) is 45.0 Å². The molecule has 2 amide bonds. The first kappa shape index (κ1) is 14.5. The molecule has 1 fully saturated rings. The molecule has 5 heteroatoms. The fraction of sp³-hybridized carbons (Fsp3) is 0.533. The molecule has 2 heterocycles. The molecule has 20 heavy (non-hydrogen) atoms. The molecule has 1 aliphatic rings. The van der Waals surface area contributed by atoms with E-state index in [1.54, 1.807) is 29.4 Å². The van der Waals surface area contributed by atoms with Crippen LogP contribution in [0.1, 0.15) is 30.6 Å². The van der Waals surface area contributed by atoms with Gasteiger partial charge in [0.05, 0.1) is 5.56 Å². The standard InChI is InChI=1S/C15H21N3O2/c1-12(2)10-14(19)17-6-8-18(9-7-17)15(20)13-4-3-5-16-11-13/h3-5,11-12H,6-10H2,1-2H3. The lowest BCUT2D eigenvalue weighted by Crippen LogP contribution is -2.50. The van der Waals surface area contributed by atoms with E-state index in [4.69, 9.17) is 0 Å². The molecule has 1 aromatic heterocycles. The van der Waals surface area contributed by atoms with Crippen LogP contribution >= 0.6 is 0 Å². The Morgan fingerprint density at radius 3 is 2.40 bits per heavy atom. The predicted molar refractivity (Wildman–Crippen MR) is 76.2 cm³/mol. The van der Waals surface area contributed by atoms with Crippen LogP contribution in [-0.2, 0) is 4.79 Å². The van der Waals surface area contributed by atoms with Crippen LogP contribution in [0, 0.1) is 5.92 Å². The third kappa shape index (κ3) is 3.56. The smallest absolute Gasteiger partial charge is 0.255 e. The molecule has 0 atom stereocenters. The Bertz CT molecular complexity index is 465. The summed E-state index contributed by atoms with van der Waals surface area (Å²) in [5.74, 6) is 0.556. The van der Waals surface area contributed by atoms with Crippen molar-refractivity contribution >= 4 is 11.8 Å². The Kier molecular flexibility index (Phi) is 4.71. The van der Waals surface area contributed by atoms with Crippen molar-refractivity contribution in [2.45, 2.75) is 20.3 Å². The highest BCUT2D eigenvalue weighted by atomic mass is 16.2. The second kappa shape index (κ2) is 6.50. The molecule has 0 saturated carbocycles. The minimum absolute atomic E-state index is 0.00550. The summed E-state index contributed by atoms with van der Waals surface area (Å²) < 4.78 is 0. The topological polar surface area (TPSA) is 53.5 Å². The van der Waals surface area contributed by atoms with Gasteiger partial charge in [-0.05, 0) is 18.1 Å². The van der Waals surface area contributed by atoms with E-state index in [0.29, 0.717) is 44.1 Å². The molecule has 1 saturated heterocycles. The van der Waals surface area contributed by atoms with Crippen LogP contribution in [0.15, 0.2) is 24.5 Å². The van der Waals surface area contributed by atoms with Crippen molar-refractivity contribution in [3.05, 3.63) is 30.1 Å². The van der Waals surface area contributed by atoms with Crippen LogP contribution in [0.3, 0.4) is 0 Å².